The normalized spacial score (nSPS) is 11.7. The van der Waals surface area contributed by atoms with Crippen molar-refractivity contribution in [1.29, 1.82) is 0 Å². The molecule has 0 aliphatic heterocycles. The molecule has 0 amide bonds. The molecule has 0 saturated carbocycles. The minimum absolute atomic E-state index is 0.204. The van der Waals surface area contributed by atoms with Crippen molar-refractivity contribution >= 4 is 11.9 Å². The molecule has 0 radical (unpaired) electrons. The number of nitrogens with two attached hydrogens (primary N) is 1. The summed E-state index contributed by atoms with van der Waals surface area (Å²) in [7, 11) is 0. The van der Waals surface area contributed by atoms with Gasteiger partial charge in [-0.15, -0.1) is 0 Å². The monoisotopic (exact) mass is 596 g/mol. The first-order valence-corrected chi connectivity index (χ1v) is 14.6. The van der Waals surface area contributed by atoms with Crippen LogP contribution < -0.4 is 11.0 Å². The molecule has 0 aromatic heterocycles. The Labute approximate surface area is 258 Å². The highest BCUT2D eigenvalue weighted by Crippen LogP contribution is 2.37. The molecule has 230 valence electrons. The zero-order valence-electron chi connectivity index (χ0n) is 24.6. The molecule has 2 N–H and O–H groups in total. The van der Waals surface area contributed by atoms with Crippen molar-refractivity contribution in [3.05, 3.63) is 144 Å². The lowest BCUT2D eigenvalue weighted by atomic mass is 9.72. The molecule has 4 aromatic carbocycles. The fourth-order valence-electron chi connectivity index (χ4n) is 5.57. The second kappa shape index (κ2) is 16.5. The average molecular weight is 597 g/mol. The van der Waals surface area contributed by atoms with Gasteiger partial charge >= 0.3 is 5.97 Å². The van der Waals surface area contributed by atoms with Gasteiger partial charge in [0.1, 0.15) is 5.41 Å². The van der Waals surface area contributed by atoms with Crippen LogP contribution in [0.2, 0.25) is 0 Å². The van der Waals surface area contributed by atoms with Crippen molar-refractivity contribution in [3.63, 3.8) is 0 Å². The quantitative estimate of drug-likeness (QED) is 0.135. The number of ether oxygens (including phenoxy) is 3. The fourth-order valence-corrected chi connectivity index (χ4v) is 5.57. The third kappa shape index (κ3) is 7.59. The second-order valence-corrected chi connectivity index (χ2v) is 10.3. The van der Waals surface area contributed by atoms with Gasteiger partial charge in [0.05, 0.1) is 37.8 Å². The summed E-state index contributed by atoms with van der Waals surface area (Å²) in [6.45, 7) is 1.72. The zero-order chi connectivity index (χ0) is 31.1. The van der Waals surface area contributed by atoms with Gasteiger partial charge in [-0.25, -0.2) is 4.79 Å². The van der Waals surface area contributed by atoms with Crippen LogP contribution in [0.15, 0.2) is 121 Å². The van der Waals surface area contributed by atoms with Gasteiger partial charge in [0.2, 0.25) is 0 Å². The highest BCUT2D eigenvalue weighted by Gasteiger charge is 2.43. The van der Waals surface area contributed by atoms with Crippen LogP contribution in [0.4, 0.5) is 0 Å². The van der Waals surface area contributed by atoms with E-state index >= 15 is 0 Å². The molecule has 44 heavy (non-hydrogen) atoms. The Bertz CT molecular complexity index is 1340. The van der Waals surface area contributed by atoms with E-state index in [-0.39, 0.29) is 19.6 Å². The summed E-state index contributed by atoms with van der Waals surface area (Å²) in [5.74, 6) is 3.66. The van der Waals surface area contributed by atoms with Crippen LogP contribution in [0.3, 0.4) is 0 Å². The van der Waals surface area contributed by atoms with Crippen LogP contribution in [-0.4, -0.2) is 51.6 Å². The Morgan fingerprint density at radius 3 is 1.11 bits per heavy atom. The summed E-state index contributed by atoms with van der Waals surface area (Å²) in [5.41, 5.74) is 0.369. The number of carboxylic acids is 1. The number of carboxylic acid groups (broad SMARTS) is 1. The van der Waals surface area contributed by atoms with E-state index in [4.69, 9.17) is 24.9 Å². The number of hydrogen-bond donors (Lipinski definition) is 1. The van der Waals surface area contributed by atoms with Crippen LogP contribution in [0, 0.1) is 0 Å². The van der Waals surface area contributed by atoms with E-state index in [0.717, 1.165) is 11.1 Å². The van der Waals surface area contributed by atoms with E-state index in [0.29, 0.717) is 44.0 Å². The molecule has 8 heteroatoms. The van der Waals surface area contributed by atoms with E-state index in [1.165, 1.54) is 0 Å². The van der Waals surface area contributed by atoms with Crippen LogP contribution in [-0.2, 0) is 39.5 Å². The van der Waals surface area contributed by atoms with Crippen LogP contribution in [0.25, 0.3) is 0 Å². The third-order valence-electron chi connectivity index (χ3n) is 7.86. The van der Waals surface area contributed by atoms with Gasteiger partial charge in [0.15, 0.2) is 0 Å². The standard InChI is InChI=1S/C36H39NO7/c37-44-34(40)36(31-17-9-3-10-18-31,32-19-11-4-12-20-32)22-24-42-26-28-43-27-25-41-23-21-35(33(38)39,29-13-5-1-6-14-29)30-15-7-2-8-16-30/h1-20H,21-28,37H2,(H,38,39)/p-1. The number of carbonyl (C=O) groups is 2. The average Bonchev–Trinajstić information content (AvgIpc) is 3.08. The highest BCUT2D eigenvalue weighted by atomic mass is 16.7. The lowest BCUT2D eigenvalue weighted by Gasteiger charge is -2.36. The fraction of sp³-hybridized carbons (Fsp3) is 0.278. The molecule has 0 aliphatic carbocycles. The van der Waals surface area contributed by atoms with Crippen LogP contribution in [0.1, 0.15) is 35.1 Å². The molecule has 0 bridgehead atoms. The van der Waals surface area contributed by atoms with Crippen molar-refractivity contribution in [3.8, 4) is 0 Å². The molecular formula is C36H38NO7-. The van der Waals surface area contributed by atoms with Crippen molar-refractivity contribution < 1.29 is 33.7 Å². The van der Waals surface area contributed by atoms with Crippen molar-refractivity contribution in [1.82, 2.24) is 0 Å². The Morgan fingerprint density at radius 1 is 0.500 bits per heavy atom. The predicted octanol–water partition coefficient (Wildman–Crippen LogP) is 3.96. The van der Waals surface area contributed by atoms with Gasteiger partial charge < -0.3 is 28.9 Å². The zero-order valence-corrected chi connectivity index (χ0v) is 24.6. The first-order valence-electron chi connectivity index (χ1n) is 14.6. The van der Waals surface area contributed by atoms with Crippen molar-refractivity contribution in [2.45, 2.75) is 23.7 Å². The lowest BCUT2D eigenvalue weighted by molar-refractivity contribution is -0.312. The molecule has 4 rings (SSSR count). The highest BCUT2D eigenvalue weighted by molar-refractivity contribution is 5.87. The maximum absolute atomic E-state index is 13.1. The minimum Gasteiger partial charge on any atom is -0.549 e. The predicted molar refractivity (Wildman–Crippen MR) is 164 cm³/mol. The van der Waals surface area contributed by atoms with Gasteiger partial charge in [-0.05, 0) is 35.1 Å². The van der Waals surface area contributed by atoms with Crippen LogP contribution >= 0.6 is 0 Å². The van der Waals surface area contributed by atoms with Gasteiger partial charge in [0, 0.05) is 13.2 Å². The topological polar surface area (TPSA) is 120 Å². The minimum atomic E-state index is -1.33. The summed E-state index contributed by atoms with van der Waals surface area (Å²) < 4.78 is 17.3. The third-order valence-corrected chi connectivity index (χ3v) is 7.86. The number of aliphatic carboxylic acids is 1. The number of benzene rings is 4. The summed E-state index contributed by atoms with van der Waals surface area (Å²) in [6, 6.07) is 36.9. The largest absolute Gasteiger partial charge is 0.549 e. The second-order valence-electron chi connectivity index (χ2n) is 10.3. The number of hydrogen-bond acceptors (Lipinski definition) is 8. The molecule has 0 atom stereocenters. The molecule has 0 unspecified atom stereocenters. The Kier molecular flexibility index (Phi) is 12.2. The molecule has 0 spiro atoms. The Hall–Kier alpha value is -4.34. The van der Waals surface area contributed by atoms with Gasteiger partial charge in [0.25, 0.3) is 0 Å². The summed E-state index contributed by atoms with van der Waals surface area (Å²) in [6.07, 6.45) is 0.533. The molecule has 0 heterocycles. The lowest BCUT2D eigenvalue weighted by Crippen LogP contribution is -2.47. The van der Waals surface area contributed by atoms with E-state index in [9.17, 15) is 14.7 Å². The molecule has 4 aromatic rings. The molecular weight excluding hydrogens is 558 g/mol. The first-order chi connectivity index (χ1) is 21.6. The maximum Gasteiger partial charge on any atom is 0.339 e. The van der Waals surface area contributed by atoms with Gasteiger partial charge in [-0.2, -0.15) is 5.90 Å². The smallest absolute Gasteiger partial charge is 0.339 e. The molecule has 0 aliphatic rings. The van der Waals surface area contributed by atoms with Gasteiger partial charge in [-0.1, -0.05) is 121 Å². The number of carbonyl (C=O) groups excluding carboxylic acids is 2. The molecule has 8 nitrogen and oxygen atoms in total. The maximum atomic E-state index is 13.1. The summed E-state index contributed by atoms with van der Waals surface area (Å²) in [5, 5.41) is 12.6. The summed E-state index contributed by atoms with van der Waals surface area (Å²) >= 11 is 0. The van der Waals surface area contributed by atoms with Crippen molar-refractivity contribution in [2.24, 2.45) is 5.90 Å². The van der Waals surface area contributed by atoms with Crippen LogP contribution in [0.5, 0.6) is 0 Å². The van der Waals surface area contributed by atoms with E-state index in [1.54, 1.807) is 24.3 Å². The summed E-state index contributed by atoms with van der Waals surface area (Å²) in [4.78, 5) is 30.4. The Balaban J connectivity index is 1.24. The number of rotatable bonds is 18. The Morgan fingerprint density at radius 2 is 0.795 bits per heavy atom. The first kappa shape index (κ1) is 32.6. The SMILES string of the molecule is NOC(=O)C(CCOCCOCCOCCC(C(=O)[O-])(c1ccccc1)c1ccccc1)(c1ccccc1)c1ccccc1. The van der Waals surface area contributed by atoms with Crippen molar-refractivity contribution in [2.75, 3.05) is 39.6 Å². The van der Waals surface area contributed by atoms with E-state index < -0.39 is 22.8 Å². The molecule has 0 fully saturated rings. The van der Waals surface area contributed by atoms with E-state index in [2.05, 4.69) is 0 Å². The molecule has 0 saturated heterocycles. The van der Waals surface area contributed by atoms with Gasteiger partial charge in [-0.3, -0.25) is 0 Å². The van der Waals surface area contributed by atoms with E-state index in [1.807, 2.05) is 97.1 Å².